The Kier molecular flexibility index (Phi) is 127. The van der Waals surface area contributed by atoms with Gasteiger partial charge in [-0.3, -0.25) is 23.3 Å². The second-order valence-corrected chi connectivity index (χ2v) is 18.0. The van der Waals surface area contributed by atoms with Crippen LogP contribution in [0.4, 0.5) is 11.4 Å². The zero-order valence-electron chi connectivity index (χ0n) is 68.2. The average molecular weight is 1440 g/mol. The topological polar surface area (TPSA) is 224 Å². The summed E-state index contributed by atoms with van der Waals surface area (Å²) in [5, 5.41) is 2.67. The molecule has 0 unspecified atom stereocenters. The summed E-state index contributed by atoms with van der Waals surface area (Å²) in [6.07, 6.45) is 2.16. The van der Waals surface area contributed by atoms with Crippen molar-refractivity contribution in [3.8, 4) is 5.75 Å². The van der Waals surface area contributed by atoms with Crippen molar-refractivity contribution >= 4 is 61.3 Å². The Bertz CT molecular complexity index is 2770. The van der Waals surface area contributed by atoms with Gasteiger partial charge < -0.3 is 24.3 Å². The second-order valence-electron chi connectivity index (χ2n) is 14.6. The number of amides is 1. The lowest BCUT2D eigenvalue weighted by Crippen LogP contribution is -2.08. The van der Waals surface area contributed by atoms with Gasteiger partial charge in [-0.15, -0.1) is 0 Å². The summed E-state index contributed by atoms with van der Waals surface area (Å²) in [5.74, 6) is -0.553. The van der Waals surface area contributed by atoms with E-state index in [0.29, 0.717) is 29.2 Å². The third kappa shape index (κ3) is 101. The van der Waals surface area contributed by atoms with Crippen molar-refractivity contribution in [1.29, 1.82) is 0 Å². The van der Waals surface area contributed by atoms with Gasteiger partial charge in [-0.2, -0.15) is 8.42 Å². The van der Waals surface area contributed by atoms with Crippen LogP contribution in [0.2, 0.25) is 0 Å². The van der Waals surface area contributed by atoms with E-state index in [1.807, 2.05) is 307 Å². The number of para-hydroxylation sites is 3. The molecular formula is C82H140N2O14S2. The average Bonchev–Trinajstić information content (AvgIpc) is 0.983. The molecule has 100 heavy (non-hydrogen) atoms. The Morgan fingerprint density at radius 2 is 0.580 bits per heavy atom. The Morgan fingerprint density at radius 1 is 0.330 bits per heavy atom. The Labute approximate surface area is 613 Å². The number of nitrogens with one attached hydrogen (secondary N) is 2. The normalized spacial score (nSPS) is 7.93. The van der Waals surface area contributed by atoms with Gasteiger partial charge in [0.15, 0.2) is 0 Å². The van der Waals surface area contributed by atoms with Crippen molar-refractivity contribution in [2.75, 3.05) is 36.8 Å². The van der Waals surface area contributed by atoms with Crippen molar-refractivity contribution in [3.05, 3.63) is 235 Å². The molecule has 0 aliphatic heterocycles. The number of sulfonamides is 1. The maximum Gasteiger partial charge on any atom is 0.337 e. The van der Waals surface area contributed by atoms with Gasteiger partial charge in [0.2, 0.25) is 15.9 Å². The lowest BCUT2D eigenvalue weighted by molar-refractivity contribution is -0.142. The molecule has 7 aromatic rings. The first-order valence-electron chi connectivity index (χ1n) is 35.1. The van der Waals surface area contributed by atoms with E-state index in [2.05, 4.69) is 23.7 Å². The van der Waals surface area contributed by atoms with Gasteiger partial charge in [0.1, 0.15) is 12.4 Å². The maximum absolute atomic E-state index is 10.8. The van der Waals surface area contributed by atoms with Crippen molar-refractivity contribution < 1.29 is 63.9 Å². The highest BCUT2D eigenvalue weighted by Gasteiger charge is 2.03. The van der Waals surface area contributed by atoms with Crippen molar-refractivity contribution in [2.45, 2.75) is 214 Å². The van der Waals surface area contributed by atoms with E-state index in [1.54, 1.807) is 84.9 Å². The molecule has 7 rings (SSSR count). The fourth-order valence-corrected chi connectivity index (χ4v) is 5.91. The van der Waals surface area contributed by atoms with Gasteiger partial charge in [0, 0.05) is 32.1 Å². The molecule has 0 atom stereocenters. The number of hydrogen-bond donors (Lipinski definition) is 2. The van der Waals surface area contributed by atoms with E-state index < -0.39 is 20.1 Å². The predicted molar refractivity (Wildman–Crippen MR) is 434 cm³/mol. The highest BCUT2D eigenvalue weighted by Crippen LogP contribution is 2.09. The van der Waals surface area contributed by atoms with E-state index >= 15 is 0 Å². The fraction of sp³-hybridized carbons (Fsp3) is 0.427. The summed E-state index contributed by atoms with van der Waals surface area (Å²) in [5.41, 5.74) is 4.48. The number of benzene rings is 7. The van der Waals surface area contributed by atoms with E-state index in [-0.39, 0.29) is 36.4 Å². The molecule has 0 radical (unpaired) electrons. The van der Waals surface area contributed by atoms with E-state index in [4.69, 9.17) is 9.47 Å². The highest BCUT2D eigenvalue weighted by molar-refractivity contribution is 7.92. The monoisotopic (exact) mass is 1440 g/mol. The van der Waals surface area contributed by atoms with E-state index in [1.165, 1.54) is 35.0 Å². The Balaban J connectivity index is -0.0000000760. The first-order chi connectivity index (χ1) is 48.2. The molecule has 0 saturated carbocycles. The number of hydrogen-bond acceptors (Lipinski definition) is 14. The summed E-state index contributed by atoms with van der Waals surface area (Å²) in [4.78, 5) is 52.9. The van der Waals surface area contributed by atoms with Gasteiger partial charge in [0.05, 0.1) is 44.5 Å². The number of carbonyl (C=O) groups excluding carboxylic acids is 5. The molecular weight excluding hydrogens is 1300 g/mol. The van der Waals surface area contributed by atoms with Crippen LogP contribution in [0.5, 0.6) is 5.75 Å². The van der Waals surface area contributed by atoms with E-state index in [0.717, 1.165) is 29.3 Å². The Hall–Kier alpha value is -8.45. The minimum Gasteiger partial charge on any atom is -0.465 e. The molecule has 0 heterocycles. The van der Waals surface area contributed by atoms with Crippen molar-refractivity contribution in [3.63, 3.8) is 0 Å². The number of anilines is 2. The first-order valence-corrected chi connectivity index (χ1v) is 38.8. The van der Waals surface area contributed by atoms with Gasteiger partial charge in [0.25, 0.3) is 10.1 Å². The molecule has 0 aliphatic carbocycles. The molecule has 2 N–H and O–H groups in total. The SMILES string of the molecule is CC.CC.CC.CC.CC.CC.CC.CC.CC.CC.CC.CC.CC.CC(=O)Nc1ccccc1.CC(=O)OCc1ccccc1.CC(=O)Oc1ccccc1.COC(=O)c1ccccc1.COC(=O)c1ccccc1.CS(=O)(=O)Nc1ccccc1.CS(=O)(=O)OCc1ccccc1. The zero-order valence-corrected chi connectivity index (χ0v) is 69.8. The van der Waals surface area contributed by atoms with Crippen LogP contribution in [-0.4, -0.2) is 73.4 Å². The summed E-state index contributed by atoms with van der Waals surface area (Å²) < 4.78 is 68.0. The molecule has 0 fully saturated rings. The summed E-state index contributed by atoms with van der Waals surface area (Å²) >= 11 is 0. The number of ether oxygens (including phenoxy) is 4. The maximum atomic E-state index is 10.8. The third-order valence-corrected chi connectivity index (χ3v) is 9.29. The van der Waals surface area contributed by atoms with Crippen LogP contribution in [0.15, 0.2) is 212 Å². The molecule has 0 spiro atoms. The Morgan fingerprint density at radius 3 is 0.820 bits per heavy atom. The lowest BCUT2D eigenvalue weighted by Gasteiger charge is -2.00. The van der Waals surface area contributed by atoms with Gasteiger partial charge in [-0.25, -0.2) is 18.0 Å². The van der Waals surface area contributed by atoms with E-state index in [9.17, 15) is 40.8 Å². The van der Waals surface area contributed by atoms with Crippen LogP contribution in [-0.2, 0) is 66.1 Å². The van der Waals surface area contributed by atoms with Gasteiger partial charge in [-0.1, -0.05) is 332 Å². The molecule has 18 heteroatoms. The van der Waals surface area contributed by atoms with Gasteiger partial charge >= 0.3 is 23.9 Å². The zero-order chi connectivity index (χ0) is 81.0. The number of rotatable bonds is 11. The molecule has 7 aromatic carbocycles. The van der Waals surface area contributed by atoms with Crippen LogP contribution in [0.25, 0.3) is 0 Å². The van der Waals surface area contributed by atoms with Crippen LogP contribution in [0, 0.1) is 0 Å². The van der Waals surface area contributed by atoms with Crippen LogP contribution in [0.1, 0.15) is 233 Å². The smallest absolute Gasteiger partial charge is 0.337 e. The fourth-order valence-electron chi connectivity index (χ4n) is 4.99. The third-order valence-electron chi connectivity index (χ3n) is 8.13. The first kappa shape index (κ1) is 122. The van der Waals surface area contributed by atoms with Crippen molar-refractivity contribution in [2.24, 2.45) is 0 Å². The van der Waals surface area contributed by atoms with Gasteiger partial charge in [-0.05, 0) is 71.8 Å². The number of esters is 4. The molecule has 574 valence electrons. The van der Waals surface area contributed by atoms with Crippen molar-refractivity contribution in [1.82, 2.24) is 0 Å². The molecule has 0 aromatic heterocycles. The van der Waals surface area contributed by atoms with Crippen LogP contribution >= 0.6 is 0 Å². The summed E-state index contributed by atoms with van der Waals surface area (Å²) in [6, 6.07) is 63.6. The molecule has 16 nitrogen and oxygen atoms in total. The standard InChI is InChI=1S/C9H10O2.C8H9NO.C8H10O3S.3C8H8O2.C7H9NO2S.13C2H6/c1-8(10)11-7-9-5-3-2-4-6-9;1-7(10)9-8-5-3-2-4-6-8;1-12(9,10)11-7-8-5-3-2-4-6-8;2*1-10-8(9)7-5-3-2-4-6-7;1-7(9)10-8-5-3-2-4-6-8;1-11(9,10)8-7-5-3-2-4-6-7;13*1-2/h2-6H,7H2,1H3;2-6H,1H3,(H,9,10);2-6H,7H2,1H3;3*2-6H,1H3;2-6,8H,1H3;13*1-2H3. The second kappa shape index (κ2) is 104. The predicted octanol–water partition coefficient (Wildman–Crippen LogP) is 23.5. The summed E-state index contributed by atoms with van der Waals surface area (Å²) in [6.45, 7) is 56.8. The lowest BCUT2D eigenvalue weighted by atomic mass is 10.2. The molecule has 0 aliphatic rings. The van der Waals surface area contributed by atoms with Crippen LogP contribution in [0.3, 0.4) is 0 Å². The minimum absolute atomic E-state index is 0.0359. The number of carbonyl (C=O) groups is 5. The summed E-state index contributed by atoms with van der Waals surface area (Å²) in [7, 11) is -3.71. The molecule has 0 bridgehead atoms. The number of methoxy groups -OCH3 is 2. The largest absolute Gasteiger partial charge is 0.465 e. The molecule has 1 amide bonds. The highest BCUT2D eigenvalue weighted by atomic mass is 32.2. The minimum atomic E-state index is -3.32. The quantitative estimate of drug-likeness (QED) is 0.0532. The molecule has 0 saturated heterocycles. The van der Waals surface area contributed by atoms with Crippen LogP contribution < -0.4 is 14.8 Å².